The molecule has 2 N–H and O–H groups in total. The van der Waals surface area contributed by atoms with Gasteiger partial charge >= 0.3 is 0 Å². The van der Waals surface area contributed by atoms with Gasteiger partial charge in [0.25, 0.3) is 0 Å². The molecule has 2 heterocycles. The third-order valence-electron chi connectivity index (χ3n) is 1.43. The highest BCUT2D eigenvalue weighted by Gasteiger charge is 2.02. The third-order valence-corrected chi connectivity index (χ3v) is 2.13. The number of aromatic nitrogens is 3. The molecule has 2 aromatic heterocycles. The fourth-order valence-corrected chi connectivity index (χ4v) is 1.39. The number of halogens is 1. The van der Waals surface area contributed by atoms with Gasteiger partial charge in [-0.2, -0.15) is 0 Å². The van der Waals surface area contributed by atoms with Crippen molar-refractivity contribution in [1.82, 2.24) is 12.7 Å². The van der Waals surface area contributed by atoms with Gasteiger partial charge < -0.3 is 5.73 Å². The average Bonchev–Trinajstić information content (AvgIpc) is 2.35. The summed E-state index contributed by atoms with van der Waals surface area (Å²) in [4.78, 5) is 8.20. The first-order chi connectivity index (χ1) is 5.29. The number of nitrogens with zero attached hydrogens (tertiary/aromatic N) is 3. The van der Waals surface area contributed by atoms with E-state index in [1.807, 2.05) is 2.78 Å². The van der Waals surface area contributed by atoms with E-state index in [1.54, 1.807) is 18.6 Å². The Bertz CT molecular complexity index is 394. The first kappa shape index (κ1) is 6.84. The summed E-state index contributed by atoms with van der Waals surface area (Å²) < 4.78 is 1.81. The van der Waals surface area contributed by atoms with Gasteiger partial charge in [-0.1, -0.05) is 0 Å². The average molecular weight is 260 g/mol. The van der Waals surface area contributed by atoms with E-state index in [0.717, 1.165) is 11.2 Å². The minimum Gasteiger partial charge on any atom is -0.397 e. The highest BCUT2D eigenvalue weighted by Crippen LogP contribution is 2.17. The zero-order valence-corrected chi connectivity index (χ0v) is 7.69. The van der Waals surface area contributed by atoms with Gasteiger partial charge in [0.15, 0.2) is 5.65 Å². The predicted octanol–water partition coefficient (Wildman–Crippen LogP) is 1.21. The van der Waals surface area contributed by atoms with Crippen LogP contribution >= 0.6 is 22.9 Å². The third kappa shape index (κ3) is 0.953. The Kier molecular flexibility index (Phi) is 1.45. The second-order valence-electron chi connectivity index (χ2n) is 2.13. The summed E-state index contributed by atoms with van der Waals surface area (Å²) in [5, 5.41) is 0. The fourth-order valence-electron chi connectivity index (χ4n) is 0.909. The van der Waals surface area contributed by atoms with Crippen LogP contribution in [-0.4, -0.2) is 12.7 Å². The first-order valence-electron chi connectivity index (χ1n) is 3.03. The number of rotatable bonds is 0. The SMILES string of the molecule is Nc1ccnc2c1ncn2I. The van der Waals surface area contributed by atoms with Gasteiger partial charge in [-0.15, -0.1) is 0 Å². The molecule has 0 aliphatic carbocycles. The van der Waals surface area contributed by atoms with Crippen LogP contribution in [0.2, 0.25) is 0 Å². The molecule has 0 bridgehead atoms. The molecule has 0 amide bonds. The van der Waals surface area contributed by atoms with E-state index in [0.29, 0.717) is 5.69 Å². The van der Waals surface area contributed by atoms with Crippen LogP contribution in [0.15, 0.2) is 18.6 Å². The lowest BCUT2D eigenvalue weighted by Crippen LogP contribution is -1.88. The summed E-state index contributed by atoms with van der Waals surface area (Å²) in [7, 11) is 0. The number of hydrogen-bond acceptors (Lipinski definition) is 3. The number of pyridine rings is 1. The van der Waals surface area contributed by atoms with Crippen LogP contribution in [0.25, 0.3) is 11.2 Å². The number of anilines is 1. The standard InChI is InChI=1S/C6H5IN4/c7-11-3-10-5-4(8)1-2-9-6(5)11/h1-3H,(H2,8,9). The van der Waals surface area contributed by atoms with Gasteiger partial charge in [0.1, 0.15) is 11.8 Å². The van der Waals surface area contributed by atoms with Crippen LogP contribution < -0.4 is 5.73 Å². The zero-order chi connectivity index (χ0) is 7.84. The summed E-state index contributed by atoms with van der Waals surface area (Å²) in [5.74, 6) is 0. The molecular formula is C6H5IN4. The van der Waals surface area contributed by atoms with Crippen molar-refractivity contribution < 1.29 is 0 Å². The van der Waals surface area contributed by atoms with Crippen LogP contribution in [-0.2, 0) is 0 Å². The summed E-state index contributed by atoms with van der Waals surface area (Å²) in [5.41, 5.74) is 7.90. The van der Waals surface area contributed by atoms with Gasteiger partial charge in [0, 0.05) is 6.20 Å². The van der Waals surface area contributed by atoms with Gasteiger partial charge in [0.2, 0.25) is 0 Å². The Hall–Kier alpha value is -0.850. The molecule has 0 aliphatic heterocycles. The molecule has 0 unspecified atom stereocenters. The van der Waals surface area contributed by atoms with Crippen molar-refractivity contribution in [2.75, 3.05) is 5.73 Å². The highest BCUT2D eigenvalue weighted by molar-refractivity contribution is 14.1. The minimum atomic E-state index is 0.672. The Balaban J connectivity index is 2.94. The van der Waals surface area contributed by atoms with E-state index in [2.05, 4.69) is 32.8 Å². The highest BCUT2D eigenvalue weighted by atomic mass is 127. The molecule has 2 aromatic rings. The van der Waals surface area contributed by atoms with Gasteiger partial charge in [-0.05, 0) is 6.07 Å². The molecule has 0 aromatic carbocycles. The van der Waals surface area contributed by atoms with Crippen molar-refractivity contribution in [2.24, 2.45) is 0 Å². The molecular weight excluding hydrogens is 255 g/mol. The van der Waals surface area contributed by atoms with Crippen LogP contribution in [0, 0.1) is 0 Å². The lowest BCUT2D eigenvalue weighted by atomic mass is 10.4. The Labute approximate surface area is 76.9 Å². The minimum absolute atomic E-state index is 0.672. The Morgan fingerprint density at radius 1 is 1.45 bits per heavy atom. The Morgan fingerprint density at radius 2 is 2.27 bits per heavy atom. The van der Waals surface area contributed by atoms with E-state index < -0.39 is 0 Å². The van der Waals surface area contributed by atoms with E-state index in [4.69, 9.17) is 5.73 Å². The van der Waals surface area contributed by atoms with E-state index in [1.165, 1.54) is 0 Å². The van der Waals surface area contributed by atoms with Gasteiger partial charge in [-0.3, -0.25) is 2.78 Å². The number of hydrogen-bond donors (Lipinski definition) is 1. The fraction of sp³-hybridized carbons (Fsp3) is 0. The van der Waals surface area contributed by atoms with E-state index in [-0.39, 0.29) is 0 Å². The summed E-state index contributed by atoms with van der Waals surface area (Å²) in [6.07, 6.45) is 3.36. The number of imidazole rings is 1. The number of nitrogen functional groups attached to an aromatic ring is 1. The summed E-state index contributed by atoms with van der Waals surface area (Å²) in [6, 6.07) is 1.74. The van der Waals surface area contributed by atoms with E-state index >= 15 is 0 Å². The smallest absolute Gasteiger partial charge is 0.171 e. The maximum absolute atomic E-state index is 5.65. The van der Waals surface area contributed by atoms with Crippen molar-refractivity contribution >= 4 is 39.7 Å². The molecule has 0 spiro atoms. The second kappa shape index (κ2) is 2.33. The van der Waals surface area contributed by atoms with Crippen LogP contribution in [0.5, 0.6) is 0 Å². The van der Waals surface area contributed by atoms with Gasteiger partial charge in [-0.25, -0.2) is 9.97 Å². The number of fused-ring (bicyclic) bond motifs is 1. The molecule has 5 heteroatoms. The lowest BCUT2D eigenvalue weighted by molar-refractivity contribution is 1.27. The maximum Gasteiger partial charge on any atom is 0.171 e. The molecule has 4 nitrogen and oxygen atoms in total. The van der Waals surface area contributed by atoms with Crippen LogP contribution in [0.1, 0.15) is 0 Å². The molecule has 0 radical (unpaired) electrons. The molecule has 0 atom stereocenters. The van der Waals surface area contributed by atoms with Gasteiger partial charge in [0.05, 0.1) is 28.6 Å². The number of nitrogens with two attached hydrogens (primary N) is 1. The monoisotopic (exact) mass is 260 g/mol. The largest absolute Gasteiger partial charge is 0.397 e. The van der Waals surface area contributed by atoms with Crippen molar-refractivity contribution in [2.45, 2.75) is 0 Å². The molecule has 56 valence electrons. The van der Waals surface area contributed by atoms with Crippen molar-refractivity contribution in [3.63, 3.8) is 0 Å². The van der Waals surface area contributed by atoms with Crippen LogP contribution in [0.3, 0.4) is 0 Å². The predicted molar refractivity (Wildman–Crippen MR) is 51.4 cm³/mol. The van der Waals surface area contributed by atoms with E-state index in [9.17, 15) is 0 Å². The Morgan fingerprint density at radius 3 is 3.00 bits per heavy atom. The summed E-state index contributed by atoms with van der Waals surface area (Å²) in [6.45, 7) is 0. The topological polar surface area (TPSA) is 56.7 Å². The molecule has 0 saturated carbocycles. The van der Waals surface area contributed by atoms with Crippen molar-refractivity contribution in [3.8, 4) is 0 Å². The van der Waals surface area contributed by atoms with Crippen molar-refractivity contribution in [3.05, 3.63) is 18.6 Å². The molecule has 0 aliphatic rings. The quantitative estimate of drug-likeness (QED) is 0.724. The van der Waals surface area contributed by atoms with Crippen molar-refractivity contribution in [1.29, 1.82) is 0 Å². The molecule has 11 heavy (non-hydrogen) atoms. The molecule has 2 rings (SSSR count). The second-order valence-corrected chi connectivity index (χ2v) is 3.17. The van der Waals surface area contributed by atoms with Crippen LogP contribution in [0.4, 0.5) is 5.69 Å². The normalized spacial score (nSPS) is 10.6. The lowest BCUT2D eigenvalue weighted by Gasteiger charge is -1.92. The molecule has 0 fully saturated rings. The maximum atomic E-state index is 5.65. The molecule has 0 saturated heterocycles. The summed E-state index contributed by atoms with van der Waals surface area (Å²) >= 11 is 2.11. The zero-order valence-electron chi connectivity index (χ0n) is 5.53. The first-order valence-corrected chi connectivity index (χ1v) is 3.99.